The lowest BCUT2D eigenvalue weighted by atomic mass is 10.2. The average molecular weight is 285 g/mol. The Labute approximate surface area is 116 Å². The van der Waals surface area contributed by atoms with E-state index in [-0.39, 0.29) is 6.10 Å². The maximum Gasteiger partial charge on any atom is 0.175 e. The standard InChI is InChI=1S/C14H23NO3S/c1-5-12(10-15-11(2)3)18-13-6-8-14(9-7-13)19(4,16)17/h6-9,11-12,15H,5,10H2,1-4H3. The molecule has 0 heterocycles. The van der Waals surface area contributed by atoms with Crippen molar-refractivity contribution in [3.05, 3.63) is 24.3 Å². The van der Waals surface area contributed by atoms with Gasteiger partial charge in [-0.1, -0.05) is 20.8 Å². The molecule has 0 saturated heterocycles. The molecule has 0 amide bonds. The van der Waals surface area contributed by atoms with Crippen LogP contribution < -0.4 is 10.1 Å². The van der Waals surface area contributed by atoms with Gasteiger partial charge in [-0.25, -0.2) is 8.42 Å². The van der Waals surface area contributed by atoms with Crippen molar-refractivity contribution in [2.75, 3.05) is 12.8 Å². The fraction of sp³-hybridized carbons (Fsp3) is 0.571. The second kappa shape index (κ2) is 6.91. The zero-order valence-corrected chi connectivity index (χ0v) is 12.8. The summed E-state index contributed by atoms with van der Waals surface area (Å²) in [5.74, 6) is 0.699. The van der Waals surface area contributed by atoms with Crippen LogP contribution in [0.4, 0.5) is 0 Å². The fourth-order valence-corrected chi connectivity index (χ4v) is 2.22. The van der Waals surface area contributed by atoms with Crippen LogP contribution in [-0.4, -0.2) is 33.4 Å². The highest BCUT2D eigenvalue weighted by molar-refractivity contribution is 7.90. The molecule has 0 aliphatic heterocycles. The second-order valence-electron chi connectivity index (χ2n) is 4.95. The Balaban J connectivity index is 2.65. The lowest BCUT2D eigenvalue weighted by Crippen LogP contribution is -2.34. The Morgan fingerprint density at radius 2 is 1.79 bits per heavy atom. The van der Waals surface area contributed by atoms with Crippen LogP contribution in [0.5, 0.6) is 5.75 Å². The average Bonchev–Trinajstić information content (AvgIpc) is 2.33. The molecule has 0 aliphatic carbocycles. The highest BCUT2D eigenvalue weighted by atomic mass is 32.2. The Morgan fingerprint density at radius 3 is 2.21 bits per heavy atom. The largest absolute Gasteiger partial charge is 0.489 e. The third kappa shape index (κ3) is 5.61. The van der Waals surface area contributed by atoms with Crippen molar-refractivity contribution in [3.63, 3.8) is 0 Å². The molecule has 0 spiro atoms. The van der Waals surface area contributed by atoms with E-state index in [0.717, 1.165) is 13.0 Å². The van der Waals surface area contributed by atoms with Crippen molar-refractivity contribution >= 4 is 9.84 Å². The van der Waals surface area contributed by atoms with E-state index in [9.17, 15) is 8.42 Å². The van der Waals surface area contributed by atoms with Gasteiger partial charge in [0.05, 0.1) is 4.90 Å². The zero-order chi connectivity index (χ0) is 14.5. The molecule has 0 aliphatic rings. The quantitative estimate of drug-likeness (QED) is 0.835. The lowest BCUT2D eigenvalue weighted by Gasteiger charge is -2.19. The SMILES string of the molecule is CCC(CNC(C)C)Oc1ccc(S(C)(=O)=O)cc1. The summed E-state index contributed by atoms with van der Waals surface area (Å²) in [6.45, 7) is 7.03. The first-order valence-corrected chi connectivity index (χ1v) is 8.42. The molecule has 1 rings (SSSR count). The summed E-state index contributed by atoms with van der Waals surface area (Å²) in [7, 11) is -3.14. The van der Waals surface area contributed by atoms with Crippen LogP contribution in [0.2, 0.25) is 0 Å². The van der Waals surface area contributed by atoms with Crippen LogP contribution in [-0.2, 0) is 9.84 Å². The number of hydrogen-bond donors (Lipinski definition) is 1. The maximum atomic E-state index is 11.3. The summed E-state index contributed by atoms with van der Waals surface area (Å²) in [6, 6.07) is 6.98. The summed E-state index contributed by atoms with van der Waals surface area (Å²) in [6.07, 6.45) is 2.18. The van der Waals surface area contributed by atoms with Gasteiger partial charge in [0, 0.05) is 18.8 Å². The van der Waals surface area contributed by atoms with Crippen molar-refractivity contribution in [1.29, 1.82) is 0 Å². The van der Waals surface area contributed by atoms with Crippen LogP contribution in [0, 0.1) is 0 Å². The summed E-state index contributed by atoms with van der Waals surface area (Å²) in [4.78, 5) is 0.313. The van der Waals surface area contributed by atoms with Crippen LogP contribution in [0.25, 0.3) is 0 Å². The molecule has 108 valence electrons. The van der Waals surface area contributed by atoms with Gasteiger partial charge in [0.25, 0.3) is 0 Å². The van der Waals surface area contributed by atoms with E-state index in [1.165, 1.54) is 6.26 Å². The predicted octanol–water partition coefficient (Wildman–Crippen LogP) is 2.25. The van der Waals surface area contributed by atoms with Gasteiger partial charge in [-0.05, 0) is 30.7 Å². The lowest BCUT2D eigenvalue weighted by molar-refractivity contribution is 0.190. The highest BCUT2D eigenvalue weighted by Gasteiger charge is 2.10. The molecular formula is C14H23NO3S. The van der Waals surface area contributed by atoms with Crippen molar-refractivity contribution in [3.8, 4) is 5.75 Å². The van der Waals surface area contributed by atoms with E-state index >= 15 is 0 Å². The highest BCUT2D eigenvalue weighted by Crippen LogP contribution is 2.17. The first-order valence-electron chi connectivity index (χ1n) is 6.53. The molecule has 1 unspecified atom stereocenters. The number of nitrogens with one attached hydrogen (secondary N) is 1. The summed E-state index contributed by atoms with van der Waals surface area (Å²) >= 11 is 0. The van der Waals surface area contributed by atoms with Gasteiger partial charge < -0.3 is 10.1 Å². The Morgan fingerprint density at radius 1 is 1.21 bits per heavy atom. The molecule has 1 atom stereocenters. The van der Waals surface area contributed by atoms with Gasteiger partial charge in [-0.2, -0.15) is 0 Å². The second-order valence-corrected chi connectivity index (χ2v) is 6.97. The van der Waals surface area contributed by atoms with Crippen LogP contribution in [0.1, 0.15) is 27.2 Å². The maximum absolute atomic E-state index is 11.3. The predicted molar refractivity (Wildman–Crippen MR) is 77.4 cm³/mol. The Hall–Kier alpha value is -1.07. The molecular weight excluding hydrogens is 262 g/mol. The number of benzene rings is 1. The fourth-order valence-electron chi connectivity index (χ4n) is 1.59. The smallest absolute Gasteiger partial charge is 0.175 e. The number of rotatable bonds is 7. The molecule has 0 bridgehead atoms. The third-order valence-corrected chi connectivity index (χ3v) is 3.89. The molecule has 0 radical (unpaired) electrons. The summed E-state index contributed by atoms with van der Waals surface area (Å²) < 4.78 is 28.5. The molecule has 1 aromatic rings. The first kappa shape index (κ1) is 16.0. The molecule has 1 N–H and O–H groups in total. The van der Waals surface area contributed by atoms with Crippen LogP contribution in [0.3, 0.4) is 0 Å². The van der Waals surface area contributed by atoms with E-state index in [4.69, 9.17) is 4.74 Å². The van der Waals surface area contributed by atoms with Gasteiger partial charge in [-0.3, -0.25) is 0 Å². The van der Waals surface area contributed by atoms with Gasteiger partial charge in [0.2, 0.25) is 0 Å². The van der Waals surface area contributed by atoms with E-state index < -0.39 is 9.84 Å². The van der Waals surface area contributed by atoms with Crippen molar-refractivity contribution in [2.45, 2.75) is 44.2 Å². The zero-order valence-electron chi connectivity index (χ0n) is 12.0. The van der Waals surface area contributed by atoms with Gasteiger partial charge in [-0.15, -0.1) is 0 Å². The van der Waals surface area contributed by atoms with Crippen molar-refractivity contribution in [1.82, 2.24) is 5.32 Å². The molecule has 5 heteroatoms. The minimum atomic E-state index is -3.14. The molecule has 19 heavy (non-hydrogen) atoms. The topological polar surface area (TPSA) is 55.4 Å². The monoisotopic (exact) mass is 285 g/mol. The van der Waals surface area contributed by atoms with Crippen molar-refractivity contribution < 1.29 is 13.2 Å². The van der Waals surface area contributed by atoms with Gasteiger partial charge in [0.1, 0.15) is 11.9 Å². The Bertz CT molecular complexity index is 480. The Kier molecular flexibility index (Phi) is 5.82. The van der Waals surface area contributed by atoms with Crippen molar-refractivity contribution in [2.24, 2.45) is 0 Å². The summed E-state index contributed by atoms with van der Waals surface area (Å²) in [5.41, 5.74) is 0. The van der Waals surface area contributed by atoms with Crippen LogP contribution >= 0.6 is 0 Å². The number of sulfone groups is 1. The summed E-state index contributed by atoms with van der Waals surface area (Å²) in [5, 5.41) is 3.33. The van der Waals surface area contributed by atoms with E-state index in [1.54, 1.807) is 24.3 Å². The normalized spacial score (nSPS) is 13.5. The molecule has 0 saturated carbocycles. The van der Waals surface area contributed by atoms with E-state index in [1.807, 2.05) is 0 Å². The molecule has 1 aromatic carbocycles. The van der Waals surface area contributed by atoms with Crippen LogP contribution in [0.15, 0.2) is 29.2 Å². The molecule has 0 aromatic heterocycles. The van der Waals surface area contributed by atoms with E-state index in [0.29, 0.717) is 16.7 Å². The molecule has 4 nitrogen and oxygen atoms in total. The molecule has 0 fully saturated rings. The first-order chi connectivity index (χ1) is 8.82. The van der Waals surface area contributed by atoms with E-state index in [2.05, 4.69) is 26.1 Å². The third-order valence-electron chi connectivity index (χ3n) is 2.76. The minimum Gasteiger partial charge on any atom is -0.489 e. The number of hydrogen-bond acceptors (Lipinski definition) is 4. The minimum absolute atomic E-state index is 0.0893. The van der Waals surface area contributed by atoms with Gasteiger partial charge >= 0.3 is 0 Å². The van der Waals surface area contributed by atoms with Gasteiger partial charge in [0.15, 0.2) is 9.84 Å². The number of ether oxygens (including phenoxy) is 1.